The number of guanidine groups is 1. The van der Waals surface area contributed by atoms with E-state index in [0.29, 0.717) is 12.5 Å². The molecule has 2 N–H and O–H groups in total. The highest BCUT2D eigenvalue weighted by molar-refractivity contribution is 14.0. The second kappa shape index (κ2) is 14.5. The van der Waals surface area contributed by atoms with Crippen molar-refractivity contribution in [3.8, 4) is 0 Å². The third-order valence-electron chi connectivity index (χ3n) is 4.79. The molecular formula is C21H36IN3O2S. The monoisotopic (exact) mass is 521 g/mol. The number of nitrogens with one attached hydrogen (secondary N) is 2. The minimum atomic E-state index is 0. The summed E-state index contributed by atoms with van der Waals surface area (Å²) in [5.74, 6) is 2.41. The minimum absolute atomic E-state index is 0. The Kier molecular flexibility index (Phi) is 13.2. The molecule has 0 spiro atoms. The molecule has 1 aliphatic heterocycles. The van der Waals surface area contributed by atoms with E-state index in [2.05, 4.69) is 41.6 Å². The predicted molar refractivity (Wildman–Crippen MR) is 131 cm³/mol. The van der Waals surface area contributed by atoms with Crippen LogP contribution in [0.5, 0.6) is 0 Å². The van der Waals surface area contributed by atoms with Crippen LogP contribution in [0, 0.1) is 5.92 Å². The van der Waals surface area contributed by atoms with Crippen molar-refractivity contribution in [2.24, 2.45) is 10.9 Å². The van der Waals surface area contributed by atoms with Crippen LogP contribution in [-0.2, 0) is 16.1 Å². The molecule has 0 aromatic heterocycles. The number of benzene rings is 1. The van der Waals surface area contributed by atoms with Crippen LogP contribution in [0.25, 0.3) is 0 Å². The predicted octanol–water partition coefficient (Wildman–Crippen LogP) is 3.92. The summed E-state index contributed by atoms with van der Waals surface area (Å²) < 4.78 is 11.6. The summed E-state index contributed by atoms with van der Waals surface area (Å²) in [6, 6.07) is 10.3. The van der Waals surface area contributed by atoms with Gasteiger partial charge in [0.15, 0.2) is 5.96 Å². The molecule has 5 nitrogen and oxygen atoms in total. The molecule has 1 aromatic rings. The Hall–Kier alpha value is -0.510. The van der Waals surface area contributed by atoms with Crippen LogP contribution < -0.4 is 10.6 Å². The first-order valence-electron chi connectivity index (χ1n) is 9.95. The molecule has 1 heterocycles. The third kappa shape index (κ3) is 9.33. The smallest absolute Gasteiger partial charge is 0.191 e. The van der Waals surface area contributed by atoms with Crippen molar-refractivity contribution < 1.29 is 9.47 Å². The highest BCUT2D eigenvalue weighted by atomic mass is 127. The van der Waals surface area contributed by atoms with Gasteiger partial charge in [0.25, 0.3) is 0 Å². The van der Waals surface area contributed by atoms with E-state index in [9.17, 15) is 0 Å². The van der Waals surface area contributed by atoms with Crippen LogP contribution in [0.1, 0.15) is 32.3 Å². The highest BCUT2D eigenvalue weighted by Gasteiger charge is 2.32. The lowest BCUT2D eigenvalue weighted by Crippen LogP contribution is -2.48. The molecule has 2 rings (SSSR count). The molecule has 0 radical (unpaired) electrons. The van der Waals surface area contributed by atoms with Crippen LogP contribution in [0.2, 0.25) is 0 Å². The fraction of sp³-hybridized carbons (Fsp3) is 0.667. The Balaban J connectivity index is 0.00000392. The van der Waals surface area contributed by atoms with Crippen LogP contribution in [0.15, 0.2) is 35.3 Å². The molecule has 28 heavy (non-hydrogen) atoms. The quantitative estimate of drug-likeness (QED) is 0.278. The SMILES string of the molecule is CCSC1(CNC(=NC)NCC(C)COCc2ccccc2)CCOCC1.I. The first-order chi connectivity index (χ1) is 13.2. The standard InChI is InChI=1S/C21H35N3O2S.HI/c1-4-27-21(10-12-25-13-11-21)17-24-20(22-3)23-14-18(2)15-26-16-19-8-6-5-7-9-19;/h5-9,18H,4,10-17H2,1-3H3,(H2,22,23,24);1H. The maximum Gasteiger partial charge on any atom is 0.191 e. The molecule has 0 bridgehead atoms. The Labute approximate surface area is 191 Å². The average Bonchev–Trinajstić information content (AvgIpc) is 2.70. The molecule has 0 aliphatic carbocycles. The van der Waals surface area contributed by atoms with Crippen LogP contribution >= 0.6 is 35.7 Å². The first-order valence-corrected chi connectivity index (χ1v) is 10.9. The van der Waals surface area contributed by atoms with Crippen molar-refractivity contribution in [1.29, 1.82) is 0 Å². The summed E-state index contributed by atoms with van der Waals surface area (Å²) >= 11 is 2.04. The third-order valence-corrected chi connectivity index (χ3v) is 6.24. The summed E-state index contributed by atoms with van der Waals surface area (Å²) in [4.78, 5) is 4.38. The molecule has 7 heteroatoms. The van der Waals surface area contributed by atoms with Gasteiger partial charge in [0.1, 0.15) is 0 Å². The maximum absolute atomic E-state index is 5.83. The van der Waals surface area contributed by atoms with Gasteiger partial charge in [-0.05, 0) is 30.1 Å². The van der Waals surface area contributed by atoms with Gasteiger partial charge in [0.05, 0.1) is 13.2 Å². The van der Waals surface area contributed by atoms with E-state index in [0.717, 1.165) is 57.5 Å². The molecule has 1 atom stereocenters. The number of nitrogens with zero attached hydrogens (tertiary/aromatic N) is 1. The molecular weight excluding hydrogens is 485 g/mol. The number of thioether (sulfide) groups is 1. The van der Waals surface area contributed by atoms with Crippen LogP contribution in [-0.4, -0.2) is 56.4 Å². The molecule has 1 aliphatic rings. The summed E-state index contributed by atoms with van der Waals surface area (Å²) in [6.45, 7) is 9.29. The van der Waals surface area contributed by atoms with Gasteiger partial charge in [0.2, 0.25) is 0 Å². The Morgan fingerprint density at radius 1 is 1.25 bits per heavy atom. The van der Waals surface area contributed by atoms with E-state index in [1.807, 2.05) is 37.0 Å². The van der Waals surface area contributed by atoms with Gasteiger partial charge in [-0.2, -0.15) is 11.8 Å². The van der Waals surface area contributed by atoms with Gasteiger partial charge in [-0.15, -0.1) is 24.0 Å². The lowest BCUT2D eigenvalue weighted by atomic mass is 9.99. The highest BCUT2D eigenvalue weighted by Crippen LogP contribution is 2.34. The summed E-state index contributed by atoms with van der Waals surface area (Å²) in [7, 11) is 1.83. The zero-order valence-corrected chi connectivity index (χ0v) is 20.6. The number of halogens is 1. The molecule has 1 saturated heterocycles. The maximum atomic E-state index is 5.83. The normalized spacial score (nSPS) is 17.5. The number of hydrogen-bond acceptors (Lipinski definition) is 4. The second-order valence-electron chi connectivity index (χ2n) is 7.14. The Morgan fingerprint density at radius 3 is 2.61 bits per heavy atom. The molecule has 0 amide bonds. The van der Waals surface area contributed by atoms with E-state index in [1.165, 1.54) is 5.56 Å². The zero-order valence-electron chi connectivity index (χ0n) is 17.4. The number of hydrogen-bond donors (Lipinski definition) is 2. The lowest BCUT2D eigenvalue weighted by molar-refractivity contribution is 0.0781. The molecule has 160 valence electrons. The van der Waals surface area contributed by atoms with E-state index in [-0.39, 0.29) is 28.7 Å². The van der Waals surface area contributed by atoms with E-state index < -0.39 is 0 Å². The van der Waals surface area contributed by atoms with Crippen molar-refractivity contribution in [2.75, 3.05) is 45.7 Å². The average molecular weight is 522 g/mol. The fourth-order valence-electron chi connectivity index (χ4n) is 3.17. The zero-order chi connectivity index (χ0) is 19.4. The number of ether oxygens (including phenoxy) is 2. The number of aliphatic imine (C=N–C) groups is 1. The Morgan fingerprint density at radius 2 is 1.96 bits per heavy atom. The van der Waals surface area contributed by atoms with E-state index in [4.69, 9.17) is 9.47 Å². The lowest BCUT2D eigenvalue weighted by Gasteiger charge is -2.37. The first kappa shape index (κ1) is 25.5. The summed E-state index contributed by atoms with van der Waals surface area (Å²) in [5, 5.41) is 6.96. The van der Waals surface area contributed by atoms with Crippen molar-refractivity contribution in [1.82, 2.24) is 10.6 Å². The number of rotatable bonds is 10. The van der Waals surface area contributed by atoms with Gasteiger partial charge in [-0.1, -0.05) is 44.2 Å². The Bertz CT molecular complexity index is 548. The summed E-state index contributed by atoms with van der Waals surface area (Å²) in [6.07, 6.45) is 2.19. The minimum Gasteiger partial charge on any atom is -0.381 e. The molecule has 1 aromatic carbocycles. The molecule has 1 unspecified atom stereocenters. The van der Waals surface area contributed by atoms with Gasteiger partial charge in [-0.3, -0.25) is 4.99 Å². The van der Waals surface area contributed by atoms with Gasteiger partial charge >= 0.3 is 0 Å². The molecule has 0 saturated carbocycles. The molecule has 1 fully saturated rings. The second-order valence-corrected chi connectivity index (χ2v) is 8.87. The van der Waals surface area contributed by atoms with Crippen molar-refractivity contribution in [2.45, 2.75) is 38.0 Å². The van der Waals surface area contributed by atoms with Crippen LogP contribution in [0.4, 0.5) is 0 Å². The van der Waals surface area contributed by atoms with Gasteiger partial charge in [-0.25, -0.2) is 0 Å². The largest absolute Gasteiger partial charge is 0.381 e. The van der Waals surface area contributed by atoms with Crippen molar-refractivity contribution in [3.05, 3.63) is 35.9 Å². The van der Waals surface area contributed by atoms with Crippen LogP contribution in [0.3, 0.4) is 0 Å². The van der Waals surface area contributed by atoms with Crippen molar-refractivity contribution in [3.63, 3.8) is 0 Å². The fourth-order valence-corrected chi connectivity index (χ4v) is 4.41. The van der Waals surface area contributed by atoms with E-state index >= 15 is 0 Å². The van der Waals surface area contributed by atoms with Crippen molar-refractivity contribution >= 4 is 41.7 Å². The summed E-state index contributed by atoms with van der Waals surface area (Å²) in [5.41, 5.74) is 1.21. The van der Waals surface area contributed by atoms with Gasteiger partial charge < -0.3 is 20.1 Å². The van der Waals surface area contributed by atoms with Gasteiger partial charge in [0, 0.05) is 38.1 Å². The topological polar surface area (TPSA) is 54.9 Å². The van der Waals surface area contributed by atoms with E-state index in [1.54, 1.807) is 0 Å².